The van der Waals surface area contributed by atoms with E-state index in [-0.39, 0.29) is 25.7 Å². The normalized spacial score (nSPS) is 29.2. The Morgan fingerprint density at radius 3 is 2.44 bits per heavy atom. The first-order valence-electron chi connectivity index (χ1n) is 6.08. The predicted molar refractivity (Wildman–Crippen MR) is 60.9 cm³/mol. The first-order valence-corrected chi connectivity index (χ1v) is 6.08. The molecule has 1 fully saturated rings. The van der Waals surface area contributed by atoms with Crippen LogP contribution in [0.4, 0.5) is 13.2 Å². The smallest absolute Gasteiger partial charge is 0.389 e. The molecule has 2 nitrogen and oxygen atoms in total. The average molecular weight is 259 g/mol. The third-order valence-corrected chi connectivity index (χ3v) is 3.62. The minimum absolute atomic E-state index is 0.00678. The molecule has 0 radical (unpaired) electrons. The molecule has 0 unspecified atom stereocenters. The summed E-state index contributed by atoms with van der Waals surface area (Å²) in [7, 11) is 0. The second-order valence-electron chi connectivity index (χ2n) is 5.04. The van der Waals surface area contributed by atoms with Gasteiger partial charge in [0.05, 0.1) is 11.5 Å². The molecule has 0 atom stereocenters. The van der Waals surface area contributed by atoms with Gasteiger partial charge in [-0.3, -0.25) is 4.98 Å². The van der Waals surface area contributed by atoms with E-state index in [9.17, 15) is 18.3 Å². The first kappa shape index (κ1) is 13.3. The minimum Gasteiger partial charge on any atom is -0.389 e. The van der Waals surface area contributed by atoms with E-state index >= 15 is 0 Å². The predicted octanol–water partition coefficient (Wildman–Crippen LogP) is 3.11. The Balaban J connectivity index is 1.95. The van der Waals surface area contributed by atoms with Gasteiger partial charge in [0, 0.05) is 18.3 Å². The fourth-order valence-electron chi connectivity index (χ4n) is 2.50. The maximum absolute atomic E-state index is 12.5. The summed E-state index contributed by atoms with van der Waals surface area (Å²) in [6.45, 7) is 0. The van der Waals surface area contributed by atoms with E-state index in [2.05, 4.69) is 4.98 Å². The lowest BCUT2D eigenvalue weighted by molar-refractivity contribution is -0.192. The largest absolute Gasteiger partial charge is 0.391 e. The van der Waals surface area contributed by atoms with Crippen LogP contribution < -0.4 is 0 Å². The van der Waals surface area contributed by atoms with Gasteiger partial charge in [-0.05, 0) is 37.8 Å². The van der Waals surface area contributed by atoms with Crippen LogP contribution in [0.2, 0.25) is 0 Å². The number of hydrogen-bond acceptors (Lipinski definition) is 2. The van der Waals surface area contributed by atoms with Crippen LogP contribution in [0.15, 0.2) is 24.4 Å². The van der Waals surface area contributed by atoms with Crippen molar-refractivity contribution in [3.63, 3.8) is 0 Å². The molecule has 100 valence electrons. The van der Waals surface area contributed by atoms with Crippen molar-refractivity contribution in [2.45, 2.75) is 43.9 Å². The second-order valence-corrected chi connectivity index (χ2v) is 5.04. The molecule has 1 aromatic rings. The minimum atomic E-state index is -4.13. The highest BCUT2D eigenvalue weighted by Gasteiger charge is 2.45. The molecule has 1 aliphatic rings. The summed E-state index contributed by atoms with van der Waals surface area (Å²) < 4.78 is 37.6. The molecular formula is C13H16F3NO. The Kier molecular flexibility index (Phi) is 3.61. The Morgan fingerprint density at radius 2 is 1.94 bits per heavy atom. The molecule has 0 amide bonds. The zero-order chi connectivity index (χ0) is 13.2. The van der Waals surface area contributed by atoms with E-state index in [1.807, 2.05) is 6.07 Å². The average Bonchev–Trinajstić information content (AvgIpc) is 2.29. The Bertz CT molecular complexity index is 383. The summed E-state index contributed by atoms with van der Waals surface area (Å²) in [5, 5.41) is 10.3. The van der Waals surface area contributed by atoms with Crippen molar-refractivity contribution < 1.29 is 18.3 Å². The molecule has 1 saturated carbocycles. The lowest BCUT2D eigenvalue weighted by atomic mass is 9.76. The Hall–Kier alpha value is -1.10. The zero-order valence-corrected chi connectivity index (χ0v) is 9.95. The number of halogens is 3. The van der Waals surface area contributed by atoms with Gasteiger partial charge in [0.2, 0.25) is 0 Å². The SMILES string of the molecule is OC1(Cc2ccccn2)CCC(C(F)(F)F)CC1. The summed E-state index contributed by atoms with van der Waals surface area (Å²) in [4.78, 5) is 4.10. The number of alkyl halides is 3. The van der Waals surface area contributed by atoms with Crippen LogP contribution in [0.3, 0.4) is 0 Å². The van der Waals surface area contributed by atoms with Gasteiger partial charge >= 0.3 is 6.18 Å². The highest BCUT2D eigenvalue weighted by molar-refractivity contribution is 5.08. The summed E-state index contributed by atoms with van der Waals surface area (Å²) in [6, 6.07) is 5.37. The van der Waals surface area contributed by atoms with Crippen molar-refractivity contribution in [2.75, 3.05) is 0 Å². The quantitative estimate of drug-likeness (QED) is 0.885. The number of aromatic nitrogens is 1. The lowest BCUT2D eigenvalue weighted by Gasteiger charge is -2.36. The van der Waals surface area contributed by atoms with E-state index < -0.39 is 17.7 Å². The molecule has 0 bridgehead atoms. The maximum Gasteiger partial charge on any atom is 0.391 e. The Morgan fingerprint density at radius 1 is 1.28 bits per heavy atom. The van der Waals surface area contributed by atoms with Crippen molar-refractivity contribution in [3.05, 3.63) is 30.1 Å². The fraction of sp³-hybridized carbons (Fsp3) is 0.615. The van der Waals surface area contributed by atoms with Gasteiger partial charge in [0.15, 0.2) is 0 Å². The van der Waals surface area contributed by atoms with Gasteiger partial charge < -0.3 is 5.11 Å². The number of pyridine rings is 1. The molecule has 1 N–H and O–H groups in total. The topological polar surface area (TPSA) is 33.1 Å². The van der Waals surface area contributed by atoms with Gasteiger partial charge in [-0.15, -0.1) is 0 Å². The van der Waals surface area contributed by atoms with Crippen LogP contribution >= 0.6 is 0 Å². The molecule has 2 rings (SSSR count). The van der Waals surface area contributed by atoms with Crippen LogP contribution in [-0.2, 0) is 6.42 Å². The molecular weight excluding hydrogens is 243 g/mol. The maximum atomic E-state index is 12.5. The zero-order valence-electron chi connectivity index (χ0n) is 9.95. The van der Waals surface area contributed by atoms with Gasteiger partial charge in [-0.1, -0.05) is 6.07 Å². The van der Waals surface area contributed by atoms with Crippen LogP contribution in [0.25, 0.3) is 0 Å². The number of rotatable bonds is 2. The number of hydrogen-bond donors (Lipinski definition) is 1. The third kappa shape index (κ3) is 3.22. The molecule has 5 heteroatoms. The van der Waals surface area contributed by atoms with E-state index in [0.29, 0.717) is 6.42 Å². The Labute approximate surface area is 104 Å². The molecule has 1 aliphatic carbocycles. The van der Waals surface area contributed by atoms with Crippen molar-refractivity contribution in [1.29, 1.82) is 0 Å². The van der Waals surface area contributed by atoms with Gasteiger partial charge in [-0.2, -0.15) is 13.2 Å². The van der Waals surface area contributed by atoms with E-state index in [1.54, 1.807) is 18.3 Å². The van der Waals surface area contributed by atoms with E-state index in [1.165, 1.54) is 0 Å². The molecule has 0 aliphatic heterocycles. The number of aliphatic hydroxyl groups is 1. The number of nitrogens with zero attached hydrogens (tertiary/aromatic N) is 1. The fourth-order valence-corrected chi connectivity index (χ4v) is 2.50. The van der Waals surface area contributed by atoms with Gasteiger partial charge in [0.25, 0.3) is 0 Å². The molecule has 1 aromatic heterocycles. The van der Waals surface area contributed by atoms with Crippen molar-refractivity contribution >= 4 is 0 Å². The van der Waals surface area contributed by atoms with E-state index in [0.717, 1.165) is 5.69 Å². The van der Waals surface area contributed by atoms with Gasteiger partial charge in [-0.25, -0.2) is 0 Å². The van der Waals surface area contributed by atoms with Crippen molar-refractivity contribution in [3.8, 4) is 0 Å². The summed E-state index contributed by atoms with van der Waals surface area (Å²) in [6.07, 6.45) is -1.79. The molecule has 0 spiro atoms. The molecule has 0 aromatic carbocycles. The van der Waals surface area contributed by atoms with Crippen molar-refractivity contribution in [1.82, 2.24) is 4.98 Å². The van der Waals surface area contributed by atoms with Crippen LogP contribution in [0.1, 0.15) is 31.4 Å². The van der Waals surface area contributed by atoms with Crippen LogP contribution in [0, 0.1) is 5.92 Å². The first-order chi connectivity index (χ1) is 8.39. The third-order valence-electron chi connectivity index (χ3n) is 3.62. The monoisotopic (exact) mass is 259 g/mol. The second kappa shape index (κ2) is 4.88. The molecule has 1 heterocycles. The standard InChI is InChI=1S/C13H16F3NO/c14-13(15,16)10-4-6-12(18,7-5-10)9-11-3-1-2-8-17-11/h1-3,8,10,18H,4-7,9H2. The highest BCUT2D eigenvalue weighted by atomic mass is 19.4. The molecule has 0 saturated heterocycles. The van der Waals surface area contributed by atoms with Crippen LogP contribution in [0.5, 0.6) is 0 Å². The summed E-state index contributed by atoms with van der Waals surface area (Å²) >= 11 is 0. The van der Waals surface area contributed by atoms with Gasteiger partial charge in [0.1, 0.15) is 0 Å². The lowest BCUT2D eigenvalue weighted by Crippen LogP contribution is -2.40. The van der Waals surface area contributed by atoms with E-state index in [4.69, 9.17) is 0 Å². The van der Waals surface area contributed by atoms with Crippen LogP contribution in [-0.4, -0.2) is 21.9 Å². The molecule has 18 heavy (non-hydrogen) atoms. The highest BCUT2D eigenvalue weighted by Crippen LogP contribution is 2.41. The summed E-state index contributed by atoms with van der Waals surface area (Å²) in [5.41, 5.74) is -0.304. The van der Waals surface area contributed by atoms with Crippen molar-refractivity contribution in [2.24, 2.45) is 5.92 Å². The summed E-state index contributed by atoms with van der Waals surface area (Å²) in [5.74, 6) is -1.26.